The van der Waals surface area contributed by atoms with Gasteiger partial charge in [0.05, 0.1) is 12.0 Å². The van der Waals surface area contributed by atoms with E-state index < -0.39 is 47.9 Å². The van der Waals surface area contributed by atoms with Gasteiger partial charge in [-0.25, -0.2) is 9.69 Å². The van der Waals surface area contributed by atoms with E-state index >= 15 is 0 Å². The average Bonchev–Trinajstić information content (AvgIpc) is 3.44. The van der Waals surface area contributed by atoms with Crippen LogP contribution in [-0.2, 0) is 35.1 Å². The summed E-state index contributed by atoms with van der Waals surface area (Å²) in [7, 11) is 0. The number of unbranched alkanes of at least 4 members (excludes halogenated alkanes) is 7. The second-order valence-electron chi connectivity index (χ2n) is 13.5. The maximum Gasteiger partial charge on any atom is 0.417 e. The number of carbonyl (C=O) groups is 5. The summed E-state index contributed by atoms with van der Waals surface area (Å²) in [6.07, 6.45) is 5.73. The molecule has 0 radical (unpaired) electrons. The van der Waals surface area contributed by atoms with Crippen LogP contribution in [0.3, 0.4) is 0 Å². The molecule has 2 amide bonds. The highest BCUT2D eigenvalue weighted by Gasteiger charge is 2.48. The Morgan fingerprint density at radius 3 is 2.08 bits per heavy atom. The van der Waals surface area contributed by atoms with E-state index in [0.717, 1.165) is 62.3 Å². The van der Waals surface area contributed by atoms with Gasteiger partial charge in [-0.15, -0.1) is 0 Å². The third-order valence-corrected chi connectivity index (χ3v) is 9.42. The van der Waals surface area contributed by atoms with Crippen molar-refractivity contribution in [3.8, 4) is 0 Å². The highest BCUT2D eigenvalue weighted by atomic mass is 16.6. The number of amides is 2. The number of Topliss-reactive ketones (excluding diaryl/α,β-unsaturated/α-hetero) is 1. The maximum absolute atomic E-state index is 14.5. The summed E-state index contributed by atoms with van der Waals surface area (Å²) in [4.78, 5) is 69.6. The van der Waals surface area contributed by atoms with Crippen molar-refractivity contribution in [2.75, 3.05) is 6.61 Å². The van der Waals surface area contributed by atoms with Gasteiger partial charge in [-0.1, -0.05) is 129 Å². The van der Waals surface area contributed by atoms with E-state index in [1.165, 1.54) is 6.08 Å². The van der Waals surface area contributed by atoms with Crippen LogP contribution in [0.15, 0.2) is 91.0 Å². The number of ether oxygens (including phenoxy) is 2. The van der Waals surface area contributed by atoms with Gasteiger partial charge in [-0.05, 0) is 55.9 Å². The third kappa shape index (κ3) is 11.3. The minimum atomic E-state index is -1.63. The molecule has 9 heteroatoms. The van der Waals surface area contributed by atoms with Gasteiger partial charge in [0.25, 0.3) is 0 Å². The normalized spacial score (nSPS) is 17.0. The number of ketones is 2. The first-order chi connectivity index (χ1) is 25.1. The standard InChI is InChI=1S/C43H51NO8/c1-30-19-18-24-35(27-30)36(38(47)25-16-8-6-4-5-7-9-17-26-45)29-39(48)41(51-32(3)46)37(28-33-20-12-10-13-21-33)42(49)44-31(2)40(52-43(44)50)34-22-14-11-15-23-34/h10-15,18-24,27,29,31,37,40-41,45H,4-9,16-17,25-26,28H2,1-3H3. The second kappa shape index (κ2) is 20.2. The molecule has 1 aliphatic rings. The number of benzene rings is 3. The van der Waals surface area contributed by atoms with Crippen molar-refractivity contribution >= 4 is 35.1 Å². The number of cyclic esters (lactones) is 1. The van der Waals surface area contributed by atoms with Crippen molar-refractivity contribution < 1.29 is 38.6 Å². The number of hydrogen-bond donors (Lipinski definition) is 1. The molecule has 9 nitrogen and oxygen atoms in total. The number of aliphatic hydroxyl groups is 1. The maximum atomic E-state index is 14.5. The summed E-state index contributed by atoms with van der Waals surface area (Å²) in [5.74, 6) is -3.75. The van der Waals surface area contributed by atoms with E-state index in [4.69, 9.17) is 14.6 Å². The van der Waals surface area contributed by atoms with Gasteiger partial charge in [-0.2, -0.15) is 0 Å². The Morgan fingerprint density at radius 2 is 1.46 bits per heavy atom. The summed E-state index contributed by atoms with van der Waals surface area (Å²) in [5.41, 5.74) is 3.04. The number of carbonyl (C=O) groups excluding carboxylic acids is 5. The number of aliphatic hydroxyl groups excluding tert-OH is 1. The minimum absolute atomic E-state index is 0.0164. The molecule has 1 saturated heterocycles. The fourth-order valence-electron chi connectivity index (χ4n) is 6.69. The third-order valence-electron chi connectivity index (χ3n) is 9.42. The number of nitrogens with zero attached hydrogens (tertiary/aromatic N) is 1. The van der Waals surface area contributed by atoms with Crippen molar-refractivity contribution in [2.24, 2.45) is 5.92 Å². The van der Waals surface area contributed by atoms with Crippen LogP contribution in [0.1, 0.15) is 100.0 Å². The molecule has 4 rings (SSSR count). The molecule has 4 unspecified atom stereocenters. The van der Waals surface area contributed by atoms with Crippen LogP contribution in [0.5, 0.6) is 0 Å². The molecule has 3 aromatic rings. The number of imide groups is 1. The first kappa shape index (κ1) is 39.9. The second-order valence-corrected chi connectivity index (χ2v) is 13.5. The van der Waals surface area contributed by atoms with Gasteiger partial charge in [-0.3, -0.25) is 19.2 Å². The number of allylic oxidation sites excluding steroid dienone is 1. The van der Waals surface area contributed by atoms with E-state index in [-0.39, 0.29) is 30.8 Å². The average molecular weight is 710 g/mol. The van der Waals surface area contributed by atoms with Crippen LogP contribution in [0, 0.1) is 12.8 Å². The van der Waals surface area contributed by atoms with Crippen molar-refractivity contribution in [3.05, 3.63) is 113 Å². The fourth-order valence-corrected chi connectivity index (χ4v) is 6.69. The van der Waals surface area contributed by atoms with Crippen molar-refractivity contribution in [1.82, 2.24) is 4.90 Å². The van der Waals surface area contributed by atoms with Gasteiger partial charge in [0.15, 0.2) is 17.7 Å². The quantitative estimate of drug-likeness (QED) is 0.0712. The van der Waals surface area contributed by atoms with Crippen LogP contribution in [0.25, 0.3) is 5.57 Å². The molecule has 0 aliphatic carbocycles. The first-order valence-electron chi connectivity index (χ1n) is 18.4. The summed E-state index contributed by atoms with van der Waals surface area (Å²) >= 11 is 0. The topological polar surface area (TPSA) is 127 Å². The molecule has 52 heavy (non-hydrogen) atoms. The minimum Gasteiger partial charge on any atom is -0.453 e. The summed E-state index contributed by atoms with van der Waals surface area (Å²) in [5, 5.41) is 8.96. The number of esters is 1. The largest absolute Gasteiger partial charge is 0.453 e. The molecule has 1 N–H and O–H groups in total. The summed E-state index contributed by atoms with van der Waals surface area (Å²) in [6.45, 7) is 4.97. The molecular formula is C43H51NO8. The number of hydrogen-bond acceptors (Lipinski definition) is 8. The van der Waals surface area contributed by atoms with Gasteiger partial charge in [0, 0.05) is 25.5 Å². The van der Waals surface area contributed by atoms with Crippen LogP contribution < -0.4 is 0 Å². The fraction of sp³-hybridized carbons (Fsp3) is 0.419. The van der Waals surface area contributed by atoms with Crippen LogP contribution in [0.2, 0.25) is 0 Å². The van der Waals surface area contributed by atoms with Crippen molar-refractivity contribution in [2.45, 2.75) is 103 Å². The van der Waals surface area contributed by atoms with E-state index in [0.29, 0.717) is 23.1 Å². The summed E-state index contributed by atoms with van der Waals surface area (Å²) < 4.78 is 11.3. The Morgan fingerprint density at radius 1 is 0.846 bits per heavy atom. The highest BCUT2D eigenvalue weighted by Crippen LogP contribution is 2.35. The smallest absolute Gasteiger partial charge is 0.417 e. The molecule has 0 aromatic heterocycles. The lowest BCUT2D eigenvalue weighted by Crippen LogP contribution is -2.49. The van der Waals surface area contributed by atoms with Crippen LogP contribution in [0.4, 0.5) is 4.79 Å². The van der Waals surface area contributed by atoms with Gasteiger partial charge in [0.2, 0.25) is 5.91 Å². The molecule has 1 heterocycles. The number of aryl methyl sites for hydroxylation is 1. The zero-order chi connectivity index (χ0) is 37.5. The lowest BCUT2D eigenvalue weighted by molar-refractivity contribution is -0.158. The Kier molecular flexibility index (Phi) is 15.5. The zero-order valence-electron chi connectivity index (χ0n) is 30.5. The van der Waals surface area contributed by atoms with Crippen LogP contribution >= 0.6 is 0 Å². The van der Waals surface area contributed by atoms with E-state index in [9.17, 15) is 24.0 Å². The first-order valence-corrected chi connectivity index (χ1v) is 18.4. The molecule has 0 bridgehead atoms. The molecule has 3 aromatic carbocycles. The Hall–Kier alpha value is -4.89. The molecule has 0 spiro atoms. The van der Waals surface area contributed by atoms with Crippen LogP contribution in [-0.4, -0.2) is 58.3 Å². The number of rotatable bonds is 20. The zero-order valence-corrected chi connectivity index (χ0v) is 30.5. The lowest BCUT2D eigenvalue weighted by atomic mass is 9.87. The Labute approximate surface area is 307 Å². The van der Waals surface area contributed by atoms with E-state index in [1.54, 1.807) is 37.3 Å². The van der Waals surface area contributed by atoms with E-state index in [2.05, 4.69) is 0 Å². The molecule has 1 aliphatic heterocycles. The monoisotopic (exact) mass is 709 g/mol. The molecular weight excluding hydrogens is 658 g/mol. The Bertz CT molecular complexity index is 1690. The SMILES string of the molecule is CC(=O)OC(C(=O)C=C(C(=O)CCCCCCCCCCO)c1cccc(C)c1)C(Cc1ccccc1)C(=O)N1C(=O)OC(c2ccccc2)C1C. The molecule has 4 atom stereocenters. The van der Waals surface area contributed by atoms with Gasteiger partial charge >= 0.3 is 12.1 Å². The lowest BCUT2D eigenvalue weighted by Gasteiger charge is -2.29. The summed E-state index contributed by atoms with van der Waals surface area (Å²) in [6, 6.07) is 24.7. The highest BCUT2D eigenvalue weighted by molar-refractivity contribution is 6.25. The molecule has 0 saturated carbocycles. The van der Waals surface area contributed by atoms with Gasteiger partial charge < -0.3 is 14.6 Å². The predicted octanol–water partition coefficient (Wildman–Crippen LogP) is 7.92. The van der Waals surface area contributed by atoms with Crippen molar-refractivity contribution in [1.29, 1.82) is 0 Å². The molecule has 1 fully saturated rings. The predicted molar refractivity (Wildman–Crippen MR) is 199 cm³/mol. The van der Waals surface area contributed by atoms with Gasteiger partial charge in [0.1, 0.15) is 6.10 Å². The molecule has 276 valence electrons. The van der Waals surface area contributed by atoms with Crippen molar-refractivity contribution in [3.63, 3.8) is 0 Å². The Balaban J connectivity index is 1.64. The van der Waals surface area contributed by atoms with E-state index in [1.807, 2.05) is 61.5 Å².